The summed E-state index contributed by atoms with van der Waals surface area (Å²) in [6, 6.07) is 76.6. The molecule has 3 nitrogen and oxygen atoms in total. The molecule has 0 N–H and O–H groups in total. The third kappa shape index (κ3) is 5.62. The van der Waals surface area contributed by atoms with Crippen LogP contribution in [0.5, 0.6) is 0 Å². The number of aromatic nitrogens is 3. The minimum atomic E-state index is -0.323. The van der Waals surface area contributed by atoms with Gasteiger partial charge in [0.05, 0.1) is 16.8 Å². The van der Waals surface area contributed by atoms with E-state index >= 15 is 0 Å². The first-order chi connectivity index (χ1) is 30.2. The van der Waals surface area contributed by atoms with Crippen LogP contribution in [0.2, 0.25) is 0 Å². The second kappa shape index (κ2) is 14.1. The predicted octanol–water partition coefficient (Wildman–Crippen LogP) is 14.2. The summed E-state index contributed by atoms with van der Waals surface area (Å²) in [5.41, 5.74) is 22.2. The molecule has 0 unspecified atom stereocenters. The minimum Gasteiger partial charge on any atom is -0.264 e. The number of nitrogens with zero attached hydrogens (tertiary/aromatic N) is 3. The van der Waals surface area contributed by atoms with Crippen molar-refractivity contribution >= 4 is 0 Å². The lowest BCUT2D eigenvalue weighted by Crippen LogP contribution is -2.25. The highest BCUT2D eigenvalue weighted by Crippen LogP contribution is 2.63. The highest BCUT2D eigenvalue weighted by atomic mass is 14.9. The van der Waals surface area contributed by atoms with Crippen LogP contribution in [0.1, 0.15) is 22.3 Å². The molecule has 3 heteroatoms. The Balaban J connectivity index is 0.863. The Morgan fingerprint density at radius 3 is 1.21 bits per heavy atom. The summed E-state index contributed by atoms with van der Waals surface area (Å²) in [6.07, 6.45) is 3.69. The number of fused-ring (bicyclic) bond motifs is 10. The first-order valence-corrected chi connectivity index (χ1v) is 20.8. The SMILES string of the molecule is c1ccc(-c2nc(-c3ccc(-c4ccc(-c5ccc6c(c5)-c5ccccc5C65c6ccccc6-c6ccccc65)cc4)cc3)cc(-c3ccc(-c4cccnc4)cc3)n2)cc1. The zero-order valence-corrected chi connectivity index (χ0v) is 33.2. The number of rotatable bonds is 6. The van der Waals surface area contributed by atoms with Crippen molar-refractivity contribution in [3.8, 4) is 89.5 Å². The van der Waals surface area contributed by atoms with Crippen LogP contribution < -0.4 is 0 Å². The molecule has 1 spiro atoms. The quantitative estimate of drug-likeness (QED) is 0.169. The maximum Gasteiger partial charge on any atom is 0.160 e. The Morgan fingerprint density at radius 1 is 0.279 bits per heavy atom. The van der Waals surface area contributed by atoms with Crippen molar-refractivity contribution in [2.75, 3.05) is 0 Å². The summed E-state index contributed by atoms with van der Waals surface area (Å²) in [5, 5.41) is 0. The van der Waals surface area contributed by atoms with Gasteiger partial charge in [-0.25, -0.2) is 9.97 Å². The fourth-order valence-electron chi connectivity index (χ4n) is 9.79. The molecule has 61 heavy (non-hydrogen) atoms. The minimum absolute atomic E-state index is 0.323. The van der Waals surface area contributed by atoms with Gasteiger partial charge in [0, 0.05) is 29.1 Å². The second-order valence-electron chi connectivity index (χ2n) is 15.9. The fraction of sp³-hybridized carbons (Fsp3) is 0.0172. The average Bonchev–Trinajstić information content (AvgIpc) is 3.82. The molecular weight excluding hydrogens is 739 g/mol. The van der Waals surface area contributed by atoms with Crippen molar-refractivity contribution < 1.29 is 0 Å². The molecule has 0 amide bonds. The largest absolute Gasteiger partial charge is 0.264 e. The van der Waals surface area contributed by atoms with Gasteiger partial charge in [-0.05, 0) is 96.1 Å². The maximum absolute atomic E-state index is 5.08. The lowest BCUT2D eigenvalue weighted by molar-refractivity contribution is 0.794. The highest BCUT2D eigenvalue weighted by molar-refractivity contribution is 5.96. The first kappa shape index (κ1) is 35.0. The van der Waals surface area contributed by atoms with Crippen LogP contribution >= 0.6 is 0 Å². The van der Waals surface area contributed by atoms with E-state index < -0.39 is 0 Å². The first-order valence-electron chi connectivity index (χ1n) is 20.8. The number of pyridine rings is 1. The molecule has 0 bridgehead atoms. The van der Waals surface area contributed by atoms with Gasteiger partial charge >= 0.3 is 0 Å². The monoisotopic (exact) mass is 775 g/mol. The summed E-state index contributed by atoms with van der Waals surface area (Å²) in [5.74, 6) is 0.701. The van der Waals surface area contributed by atoms with Gasteiger partial charge in [0.15, 0.2) is 5.82 Å². The van der Waals surface area contributed by atoms with E-state index in [4.69, 9.17) is 9.97 Å². The van der Waals surface area contributed by atoms with E-state index in [1.165, 1.54) is 61.2 Å². The zero-order valence-electron chi connectivity index (χ0n) is 33.2. The van der Waals surface area contributed by atoms with Crippen molar-refractivity contribution in [1.82, 2.24) is 15.0 Å². The maximum atomic E-state index is 5.08. The molecule has 2 heterocycles. The molecule has 0 aliphatic heterocycles. The van der Waals surface area contributed by atoms with Crippen molar-refractivity contribution in [3.63, 3.8) is 0 Å². The molecular formula is C58H37N3. The molecule has 284 valence electrons. The summed E-state index contributed by atoms with van der Waals surface area (Å²) in [7, 11) is 0. The molecule has 0 saturated heterocycles. The van der Waals surface area contributed by atoms with Gasteiger partial charge in [-0.15, -0.1) is 0 Å². The molecule has 0 radical (unpaired) electrons. The molecule has 8 aromatic carbocycles. The summed E-state index contributed by atoms with van der Waals surface area (Å²) < 4.78 is 0. The highest BCUT2D eigenvalue weighted by Gasteiger charge is 2.51. The molecule has 10 aromatic rings. The smallest absolute Gasteiger partial charge is 0.160 e. The fourth-order valence-corrected chi connectivity index (χ4v) is 9.79. The van der Waals surface area contributed by atoms with E-state index in [1.807, 2.05) is 30.5 Å². The summed E-state index contributed by atoms with van der Waals surface area (Å²) >= 11 is 0. The number of hydrogen-bond donors (Lipinski definition) is 0. The molecule has 12 rings (SSSR count). The third-order valence-corrected chi connectivity index (χ3v) is 12.7. The van der Waals surface area contributed by atoms with Crippen LogP contribution in [0.3, 0.4) is 0 Å². The number of benzene rings is 8. The normalized spacial score (nSPS) is 12.7. The standard InChI is InChI=1S/C58H37N3/c1-2-11-44(12-3-1)57-60-55(36-56(61-57)43-30-26-41(27-31-43)46-13-10-34-59-37-46)42-28-24-39(25-29-42)38-20-22-40(23-21-38)45-32-33-54-50(35-45)49-16-6-9-19-53(49)58(54)51-17-7-4-14-47(51)48-15-5-8-18-52(48)58/h1-37H. The number of hydrogen-bond acceptors (Lipinski definition) is 3. The van der Waals surface area contributed by atoms with Crippen LogP contribution in [0.4, 0.5) is 0 Å². The Kier molecular flexibility index (Phi) is 8.07. The van der Waals surface area contributed by atoms with Gasteiger partial charge in [-0.3, -0.25) is 4.98 Å². The van der Waals surface area contributed by atoms with E-state index in [0.717, 1.165) is 44.8 Å². The van der Waals surface area contributed by atoms with Crippen LogP contribution in [0.15, 0.2) is 225 Å². The third-order valence-electron chi connectivity index (χ3n) is 12.7. The summed E-state index contributed by atoms with van der Waals surface area (Å²) in [6.45, 7) is 0. The van der Waals surface area contributed by atoms with Crippen molar-refractivity contribution in [2.24, 2.45) is 0 Å². The average molecular weight is 776 g/mol. The Morgan fingerprint density at radius 2 is 0.689 bits per heavy atom. The van der Waals surface area contributed by atoms with Crippen molar-refractivity contribution in [1.29, 1.82) is 0 Å². The van der Waals surface area contributed by atoms with E-state index in [1.54, 1.807) is 6.20 Å². The van der Waals surface area contributed by atoms with Crippen molar-refractivity contribution in [2.45, 2.75) is 5.41 Å². The van der Waals surface area contributed by atoms with Gasteiger partial charge in [0.1, 0.15) is 0 Å². The molecule has 2 aromatic heterocycles. The van der Waals surface area contributed by atoms with Crippen molar-refractivity contribution in [3.05, 3.63) is 247 Å². The predicted molar refractivity (Wildman–Crippen MR) is 249 cm³/mol. The van der Waals surface area contributed by atoms with Gasteiger partial charge in [0.25, 0.3) is 0 Å². The van der Waals surface area contributed by atoms with Crippen LogP contribution in [0, 0.1) is 0 Å². The lowest BCUT2D eigenvalue weighted by Gasteiger charge is -2.30. The molecule has 2 aliphatic carbocycles. The van der Waals surface area contributed by atoms with Gasteiger partial charge in [-0.1, -0.05) is 194 Å². The Labute approximate surface area is 355 Å². The second-order valence-corrected chi connectivity index (χ2v) is 15.9. The molecule has 2 aliphatic rings. The lowest BCUT2D eigenvalue weighted by atomic mass is 9.70. The molecule has 0 atom stereocenters. The Hall–Kier alpha value is -8.01. The topological polar surface area (TPSA) is 38.7 Å². The van der Waals surface area contributed by atoms with E-state index in [-0.39, 0.29) is 5.41 Å². The van der Waals surface area contributed by atoms with Gasteiger partial charge in [0.2, 0.25) is 0 Å². The van der Waals surface area contributed by atoms with Crippen LogP contribution in [-0.4, -0.2) is 15.0 Å². The van der Waals surface area contributed by atoms with Crippen LogP contribution in [-0.2, 0) is 5.41 Å². The Bertz CT molecular complexity index is 3220. The van der Waals surface area contributed by atoms with Crippen LogP contribution in [0.25, 0.3) is 89.5 Å². The molecule has 0 fully saturated rings. The summed E-state index contributed by atoms with van der Waals surface area (Å²) in [4.78, 5) is 14.4. The van der Waals surface area contributed by atoms with Gasteiger partial charge in [-0.2, -0.15) is 0 Å². The van der Waals surface area contributed by atoms with E-state index in [9.17, 15) is 0 Å². The van der Waals surface area contributed by atoms with E-state index in [2.05, 4.69) is 193 Å². The van der Waals surface area contributed by atoms with E-state index in [0.29, 0.717) is 5.82 Å². The zero-order chi connectivity index (χ0) is 40.3. The van der Waals surface area contributed by atoms with Gasteiger partial charge < -0.3 is 0 Å². The molecule has 0 saturated carbocycles.